The summed E-state index contributed by atoms with van der Waals surface area (Å²) in [6, 6.07) is 5.23. The van der Waals surface area contributed by atoms with E-state index in [0.717, 1.165) is 23.4 Å². The fourth-order valence-corrected chi connectivity index (χ4v) is 4.16. The highest BCUT2D eigenvalue weighted by Gasteiger charge is 2.17. The maximum absolute atomic E-state index is 12.3. The van der Waals surface area contributed by atoms with Crippen molar-refractivity contribution in [2.75, 3.05) is 11.3 Å². The van der Waals surface area contributed by atoms with Gasteiger partial charge < -0.3 is 5.32 Å². The van der Waals surface area contributed by atoms with E-state index in [0.29, 0.717) is 16.4 Å². The van der Waals surface area contributed by atoms with Crippen LogP contribution in [0.3, 0.4) is 0 Å². The monoisotopic (exact) mass is 325 g/mol. The van der Waals surface area contributed by atoms with E-state index in [2.05, 4.69) is 21.9 Å². The maximum atomic E-state index is 12.3. The number of rotatable bonds is 7. The van der Waals surface area contributed by atoms with Gasteiger partial charge in [0.05, 0.1) is 11.9 Å². The zero-order valence-electron chi connectivity index (χ0n) is 12.1. The van der Waals surface area contributed by atoms with E-state index in [9.17, 15) is 8.42 Å². The second kappa shape index (κ2) is 7.02. The number of anilines is 1. The predicted molar refractivity (Wildman–Crippen MR) is 86.1 cm³/mol. The summed E-state index contributed by atoms with van der Waals surface area (Å²) >= 11 is 1.28. The lowest BCUT2D eigenvalue weighted by Gasteiger charge is -2.06. The van der Waals surface area contributed by atoms with Gasteiger partial charge in [-0.2, -0.15) is 0 Å². The van der Waals surface area contributed by atoms with Crippen LogP contribution in [0.1, 0.15) is 23.8 Å². The van der Waals surface area contributed by atoms with Crippen molar-refractivity contribution >= 4 is 27.0 Å². The van der Waals surface area contributed by atoms with Crippen molar-refractivity contribution in [3.05, 3.63) is 41.0 Å². The molecule has 0 atom stereocenters. The lowest BCUT2D eigenvalue weighted by Crippen LogP contribution is -2.13. The molecule has 2 rings (SSSR count). The molecule has 5 nitrogen and oxygen atoms in total. The Bertz CT molecular complexity index is 696. The molecule has 0 amide bonds. The fourth-order valence-electron chi connectivity index (χ4n) is 1.80. The Kier molecular flexibility index (Phi) is 5.33. The predicted octanol–water partition coefficient (Wildman–Crippen LogP) is 2.75. The van der Waals surface area contributed by atoms with Gasteiger partial charge in [-0.3, -0.25) is 9.71 Å². The minimum atomic E-state index is -3.54. The molecule has 0 saturated heterocycles. The number of pyridine rings is 1. The lowest BCUT2D eigenvalue weighted by atomic mass is 10.3. The highest BCUT2D eigenvalue weighted by Crippen LogP contribution is 2.24. The number of aromatic nitrogens is 1. The first-order chi connectivity index (χ1) is 10.0. The highest BCUT2D eigenvalue weighted by atomic mass is 32.2. The van der Waals surface area contributed by atoms with Crippen LogP contribution >= 0.6 is 11.3 Å². The summed E-state index contributed by atoms with van der Waals surface area (Å²) in [4.78, 5) is 4.99. The second-order valence-corrected chi connectivity index (χ2v) is 7.83. The largest absolute Gasteiger partial charge is 0.312 e. The van der Waals surface area contributed by atoms with Gasteiger partial charge in [0.25, 0.3) is 10.0 Å². The molecule has 114 valence electrons. The number of hydrogen-bond acceptors (Lipinski definition) is 5. The van der Waals surface area contributed by atoms with Crippen LogP contribution in [0.25, 0.3) is 0 Å². The summed E-state index contributed by atoms with van der Waals surface area (Å²) in [6.45, 7) is 5.58. The third-order valence-electron chi connectivity index (χ3n) is 2.76. The van der Waals surface area contributed by atoms with E-state index in [1.807, 2.05) is 13.0 Å². The molecule has 0 aliphatic carbocycles. The molecule has 2 aromatic rings. The van der Waals surface area contributed by atoms with Crippen LogP contribution in [0.5, 0.6) is 0 Å². The topological polar surface area (TPSA) is 71.1 Å². The van der Waals surface area contributed by atoms with Gasteiger partial charge in [-0.15, -0.1) is 11.3 Å². The molecular formula is C14H19N3O2S2. The number of thiophene rings is 1. The molecule has 7 heteroatoms. The van der Waals surface area contributed by atoms with Gasteiger partial charge >= 0.3 is 0 Å². The first kappa shape index (κ1) is 15.9. The summed E-state index contributed by atoms with van der Waals surface area (Å²) in [5.41, 5.74) is 1.39. The molecule has 0 aromatic carbocycles. The first-order valence-corrected chi connectivity index (χ1v) is 9.05. The summed E-state index contributed by atoms with van der Waals surface area (Å²) in [7, 11) is -3.54. The molecule has 0 saturated carbocycles. The molecular weight excluding hydrogens is 306 g/mol. The van der Waals surface area contributed by atoms with Crippen molar-refractivity contribution in [2.45, 2.75) is 31.0 Å². The number of nitrogens with one attached hydrogen (secondary N) is 2. The Hall–Kier alpha value is -1.44. The van der Waals surface area contributed by atoms with E-state index in [1.165, 1.54) is 17.5 Å². The Morgan fingerprint density at radius 1 is 1.29 bits per heavy atom. The van der Waals surface area contributed by atoms with Crippen molar-refractivity contribution in [3.63, 3.8) is 0 Å². The van der Waals surface area contributed by atoms with Crippen molar-refractivity contribution < 1.29 is 8.42 Å². The van der Waals surface area contributed by atoms with Gasteiger partial charge in [0.2, 0.25) is 0 Å². The van der Waals surface area contributed by atoms with Gasteiger partial charge in [-0.05, 0) is 43.7 Å². The molecule has 0 unspecified atom stereocenters. The van der Waals surface area contributed by atoms with Crippen LogP contribution in [0.15, 0.2) is 34.8 Å². The van der Waals surface area contributed by atoms with Crippen LogP contribution in [-0.2, 0) is 16.6 Å². The Morgan fingerprint density at radius 3 is 2.81 bits per heavy atom. The van der Waals surface area contributed by atoms with E-state index in [4.69, 9.17) is 0 Å². The Balaban J connectivity index is 2.09. The smallest absolute Gasteiger partial charge is 0.271 e. The number of nitrogens with zero attached hydrogens (tertiary/aromatic N) is 1. The molecule has 2 aromatic heterocycles. The van der Waals surface area contributed by atoms with Crippen molar-refractivity contribution in [2.24, 2.45) is 0 Å². The summed E-state index contributed by atoms with van der Waals surface area (Å²) in [5, 5.41) is 3.26. The lowest BCUT2D eigenvalue weighted by molar-refractivity contribution is 0.603. The van der Waals surface area contributed by atoms with Crippen LogP contribution in [-0.4, -0.2) is 19.9 Å². The minimum Gasteiger partial charge on any atom is -0.312 e. The second-order valence-electron chi connectivity index (χ2n) is 4.75. The van der Waals surface area contributed by atoms with Crippen molar-refractivity contribution in [3.8, 4) is 0 Å². The maximum Gasteiger partial charge on any atom is 0.271 e. The van der Waals surface area contributed by atoms with Crippen LogP contribution in [0.2, 0.25) is 0 Å². The summed E-state index contributed by atoms with van der Waals surface area (Å²) in [6.07, 6.45) is 4.24. The molecule has 0 aliphatic rings. The molecule has 0 bridgehead atoms. The molecule has 21 heavy (non-hydrogen) atoms. The molecule has 2 heterocycles. The minimum absolute atomic E-state index is 0.317. The third kappa shape index (κ3) is 4.52. The average molecular weight is 325 g/mol. The van der Waals surface area contributed by atoms with Gasteiger partial charge in [0, 0.05) is 17.6 Å². The normalized spacial score (nSPS) is 11.5. The summed E-state index contributed by atoms with van der Waals surface area (Å²) < 4.78 is 27.5. The molecule has 2 N–H and O–H groups in total. The van der Waals surface area contributed by atoms with E-state index in [-0.39, 0.29) is 0 Å². The molecule has 0 radical (unpaired) electrons. The third-order valence-corrected chi connectivity index (χ3v) is 5.71. The van der Waals surface area contributed by atoms with Crippen LogP contribution < -0.4 is 10.0 Å². The molecule has 0 fully saturated rings. The highest BCUT2D eigenvalue weighted by molar-refractivity contribution is 7.94. The SMILES string of the molecule is CCCNCc1ccc(S(=O)(=O)Nc2cncc(C)c2)s1. The van der Waals surface area contributed by atoms with Crippen molar-refractivity contribution in [1.82, 2.24) is 10.3 Å². The first-order valence-electron chi connectivity index (χ1n) is 6.75. The van der Waals surface area contributed by atoms with Crippen molar-refractivity contribution in [1.29, 1.82) is 0 Å². The quantitative estimate of drug-likeness (QED) is 0.768. The number of aryl methyl sites for hydroxylation is 1. The van der Waals surface area contributed by atoms with Gasteiger partial charge in [0.15, 0.2) is 0 Å². The van der Waals surface area contributed by atoms with Gasteiger partial charge in [0.1, 0.15) is 4.21 Å². The van der Waals surface area contributed by atoms with Crippen LogP contribution in [0.4, 0.5) is 5.69 Å². The van der Waals surface area contributed by atoms with E-state index in [1.54, 1.807) is 18.3 Å². The number of sulfonamides is 1. The summed E-state index contributed by atoms with van der Waals surface area (Å²) in [5.74, 6) is 0. The van der Waals surface area contributed by atoms with Crippen LogP contribution in [0, 0.1) is 6.92 Å². The zero-order chi connectivity index (χ0) is 15.3. The molecule has 0 spiro atoms. The van der Waals surface area contributed by atoms with Gasteiger partial charge in [-0.25, -0.2) is 8.42 Å². The Labute approximate surface area is 129 Å². The molecule has 0 aliphatic heterocycles. The fraction of sp³-hybridized carbons (Fsp3) is 0.357. The zero-order valence-corrected chi connectivity index (χ0v) is 13.7. The van der Waals surface area contributed by atoms with E-state index < -0.39 is 10.0 Å². The van der Waals surface area contributed by atoms with E-state index >= 15 is 0 Å². The number of hydrogen-bond donors (Lipinski definition) is 2. The standard InChI is InChI=1S/C14H19N3O2S2/c1-3-6-15-10-13-4-5-14(20-13)21(18,19)17-12-7-11(2)8-16-9-12/h4-5,7-9,15,17H,3,6,10H2,1-2H3. The van der Waals surface area contributed by atoms with Gasteiger partial charge in [-0.1, -0.05) is 6.92 Å². The Morgan fingerprint density at radius 2 is 2.10 bits per heavy atom. The average Bonchev–Trinajstić information content (AvgIpc) is 2.88.